The van der Waals surface area contributed by atoms with Gasteiger partial charge < -0.3 is 54.2 Å². The van der Waals surface area contributed by atoms with Crippen molar-refractivity contribution in [2.45, 2.75) is 89.9 Å². The molecule has 8 rings (SSSR count). The lowest BCUT2D eigenvalue weighted by molar-refractivity contribution is -0.145. The number of ether oxygens (including phenoxy) is 5. The fraction of sp³-hybridized carbons (Fsp3) is 0.491. The highest BCUT2D eigenvalue weighted by Gasteiger charge is 2.53. The molecular weight excluding hydrogens is 976 g/mol. The van der Waals surface area contributed by atoms with Gasteiger partial charge >= 0.3 is 0 Å². The molecule has 396 valence electrons. The molecule has 5 aromatic rings. The van der Waals surface area contributed by atoms with Gasteiger partial charge in [0.25, 0.3) is 11.5 Å². The molecule has 3 aliphatic rings. The summed E-state index contributed by atoms with van der Waals surface area (Å²) in [6.07, 6.45) is 4.23. The third-order valence-corrected chi connectivity index (χ3v) is 14.5. The molecule has 19 nitrogen and oxygen atoms in total. The quantitative estimate of drug-likeness (QED) is 0.0718. The number of aliphatic hydroxyl groups is 1. The Labute approximate surface area is 432 Å². The first-order chi connectivity index (χ1) is 35.4. The molecule has 5 heterocycles. The zero-order valence-corrected chi connectivity index (χ0v) is 43.6. The molecule has 0 bridgehead atoms. The van der Waals surface area contributed by atoms with E-state index in [0.29, 0.717) is 47.8 Å². The van der Waals surface area contributed by atoms with Crippen molar-refractivity contribution in [2.75, 3.05) is 66.9 Å². The number of likely N-dealkylation sites (tertiary alicyclic amines) is 2. The van der Waals surface area contributed by atoms with Gasteiger partial charge in [0.15, 0.2) is 5.67 Å². The average Bonchev–Trinajstić information content (AvgIpc) is 3.77. The van der Waals surface area contributed by atoms with Crippen molar-refractivity contribution in [1.29, 1.82) is 0 Å². The molecular formula is C53H65FN8O11S. The van der Waals surface area contributed by atoms with E-state index in [2.05, 4.69) is 30.8 Å². The highest BCUT2D eigenvalue weighted by atomic mass is 32.1. The first kappa shape index (κ1) is 53.8. The standard InChI is InChI=1S/C53H65FN8O11S/c1-31-46(74-30-57-31)32-8-9-33(22-56-48(65)41-20-36(63)27-62(41)50(67)47(52(2,3)4)59-51(68)53(54)11-12-53)43(18-32)73-17-16-71-14-15-72-29-45(64)58-35-25-61(26-35)24-34-19-44(70-7)38(21-42(34)69-6)40-28-60(5)49(66)39-23-55-13-10-37(39)40/h8-10,13,18-19,21,23,28,30,35-36,41,47,63H,11-12,14-17,20,22,24-27,29H2,1-7H3,(H,56,65)(H,58,64)(H,59,68)/t36-,41+,47-/m1/s1. The Balaban J connectivity index is 0.778. The summed E-state index contributed by atoms with van der Waals surface area (Å²) in [6, 6.07) is 9.14. The number of fused-ring (bicyclic) bond motifs is 1. The third kappa shape index (κ3) is 12.3. The van der Waals surface area contributed by atoms with Gasteiger partial charge in [0.2, 0.25) is 17.7 Å². The van der Waals surface area contributed by atoms with Gasteiger partial charge in [0.1, 0.15) is 42.5 Å². The highest BCUT2D eigenvalue weighted by Crippen LogP contribution is 2.41. The summed E-state index contributed by atoms with van der Waals surface area (Å²) < 4.78 is 45.4. The maximum Gasteiger partial charge on any atom is 0.259 e. The summed E-state index contributed by atoms with van der Waals surface area (Å²) in [6.45, 7) is 9.56. The van der Waals surface area contributed by atoms with E-state index in [9.17, 15) is 33.5 Å². The summed E-state index contributed by atoms with van der Waals surface area (Å²) >= 11 is 1.49. The van der Waals surface area contributed by atoms with E-state index in [4.69, 9.17) is 23.7 Å². The van der Waals surface area contributed by atoms with Crippen LogP contribution in [0.2, 0.25) is 0 Å². The van der Waals surface area contributed by atoms with Crippen molar-refractivity contribution in [2.24, 2.45) is 12.5 Å². The zero-order chi connectivity index (χ0) is 52.9. The number of halogens is 1. The Morgan fingerprint density at radius 2 is 1.68 bits per heavy atom. The van der Waals surface area contributed by atoms with Crippen LogP contribution >= 0.6 is 11.3 Å². The molecule has 4 N–H and O–H groups in total. The minimum absolute atomic E-state index is 0.00245. The normalized spacial score (nSPS) is 17.9. The molecule has 1 saturated carbocycles. The number of hydrogen-bond acceptors (Lipinski definition) is 15. The lowest BCUT2D eigenvalue weighted by Crippen LogP contribution is -2.59. The lowest BCUT2D eigenvalue weighted by Gasteiger charge is -2.39. The first-order valence-corrected chi connectivity index (χ1v) is 25.5. The van der Waals surface area contributed by atoms with Gasteiger partial charge in [0, 0.05) is 87.0 Å². The van der Waals surface area contributed by atoms with Crippen LogP contribution in [-0.2, 0) is 48.8 Å². The summed E-state index contributed by atoms with van der Waals surface area (Å²) in [7, 11) is 4.93. The molecule has 3 fully saturated rings. The Bertz CT molecular complexity index is 2930. The van der Waals surface area contributed by atoms with E-state index in [-0.39, 0.29) is 82.9 Å². The van der Waals surface area contributed by atoms with Gasteiger partial charge in [-0.05, 0) is 60.4 Å². The number of benzene rings is 2. The van der Waals surface area contributed by atoms with Crippen LogP contribution in [-0.4, -0.2) is 150 Å². The molecule has 0 unspecified atom stereocenters. The second-order valence-corrected chi connectivity index (χ2v) is 21.0. The number of nitrogens with one attached hydrogen (secondary N) is 3. The van der Waals surface area contributed by atoms with E-state index < -0.39 is 47.0 Å². The number of hydrogen-bond donors (Lipinski definition) is 4. The molecule has 74 heavy (non-hydrogen) atoms. The van der Waals surface area contributed by atoms with Gasteiger partial charge in [-0.2, -0.15) is 0 Å². The average molecular weight is 1040 g/mol. The largest absolute Gasteiger partial charge is 0.496 e. The molecule has 2 aliphatic heterocycles. The summed E-state index contributed by atoms with van der Waals surface area (Å²) in [5, 5.41) is 20.4. The monoisotopic (exact) mass is 1040 g/mol. The number of amides is 4. The number of nitrogens with zero attached hydrogens (tertiary/aromatic N) is 5. The number of aryl methyl sites for hydroxylation is 2. The minimum Gasteiger partial charge on any atom is -0.496 e. The number of rotatable bonds is 22. The molecule has 0 spiro atoms. The Morgan fingerprint density at radius 3 is 2.38 bits per heavy atom. The molecule has 21 heteroatoms. The van der Waals surface area contributed by atoms with E-state index in [1.54, 1.807) is 66.1 Å². The Morgan fingerprint density at radius 1 is 0.932 bits per heavy atom. The highest BCUT2D eigenvalue weighted by molar-refractivity contribution is 7.13. The summed E-state index contributed by atoms with van der Waals surface area (Å²) in [5.41, 5.74) is 3.73. The second kappa shape index (κ2) is 22.9. The molecule has 3 atom stereocenters. The van der Waals surface area contributed by atoms with Crippen LogP contribution in [0.15, 0.2) is 65.3 Å². The van der Waals surface area contributed by atoms with Gasteiger partial charge in [-0.25, -0.2) is 9.37 Å². The summed E-state index contributed by atoms with van der Waals surface area (Å²) in [5.74, 6) is -0.336. The van der Waals surface area contributed by atoms with Gasteiger partial charge in [-0.1, -0.05) is 32.9 Å². The first-order valence-electron chi connectivity index (χ1n) is 24.7. The number of aromatic nitrogens is 3. The van der Waals surface area contributed by atoms with Crippen molar-refractivity contribution in [3.8, 4) is 38.8 Å². The fourth-order valence-corrected chi connectivity index (χ4v) is 10.1. The predicted octanol–water partition coefficient (Wildman–Crippen LogP) is 4.07. The molecule has 2 saturated heterocycles. The lowest BCUT2D eigenvalue weighted by atomic mass is 9.85. The maximum atomic E-state index is 14.6. The molecule has 1 aliphatic carbocycles. The van der Waals surface area contributed by atoms with E-state index >= 15 is 0 Å². The van der Waals surface area contributed by atoms with Crippen LogP contribution in [0.5, 0.6) is 17.2 Å². The number of pyridine rings is 2. The predicted molar refractivity (Wildman–Crippen MR) is 275 cm³/mol. The SMILES string of the molecule is COc1cc(-c2cn(C)c(=O)c3cnccc23)c(OC)cc1CN1CC(NC(=O)COCCOCCOc2cc(-c3scnc3C)ccc2CNC(=O)[C@@H]2C[C@@H](O)CN2C(=O)[C@@H](NC(=O)C2(F)CC2)C(C)(C)C)C1. The molecule has 2 aromatic carbocycles. The van der Waals surface area contributed by atoms with E-state index in [1.807, 2.05) is 43.3 Å². The Kier molecular flexibility index (Phi) is 16.7. The number of carbonyl (C=O) groups is 4. The van der Waals surface area contributed by atoms with Crippen LogP contribution < -0.4 is 35.7 Å². The number of methoxy groups -OCH3 is 2. The van der Waals surface area contributed by atoms with Crippen LogP contribution in [0.3, 0.4) is 0 Å². The van der Waals surface area contributed by atoms with Gasteiger partial charge in [-0.3, -0.25) is 33.9 Å². The minimum atomic E-state index is -1.99. The molecule has 0 radical (unpaired) electrons. The van der Waals surface area contributed by atoms with Gasteiger partial charge in [0.05, 0.1) is 67.7 Å². The van der Waals surface area contributed by atoms with Crippen molar-refractivity contribution in [3.05, 3.63) is 87.7 Å². The second-order valence-electron chi connectivity index (χ2n) is 20.2. The van der Waals surface area contributed by atoms with Crippen LogP contribution in [0, 0.1) is 12.3 Å². The number of alkyl halides is 1. The van der Waals surface area contributed by atoms with Crippen molar-refractivity contribution >= 4 is 45.7 Å². The van der Waals surface area contributed by atoms with Crippen LogP contribution in [0.25, 0.3) is 32.3 Å². The number of β-amino-alcohol motifs (C(OH)–C–C–N with tert-alkyl or cyclic N) is 1. The maximum absolute atomic E-state index is 14.6. The molecule has 3 aromatic heterocycles. The van der Waals surface area contributed by atoms with Gasteiger partial charge in [-0.15, -0.1) is 11.3 Å². The van der Waals surface area contributed by atoms with Crippen LogP contribution in [0.4, 0.5) is 4.39 Å². The number of carbonyl (C=O) groups excluding carboxylic acids is 4. The topological polar surface area (TPSA) is 225 Å². The van der Waals surface area contributed by atoms with Crippen molar-refractivity contribution in [3.63, 3.8) is 0 Å². The Hall–Kier alpha value is -6.52. The molecule has 4 amide bonds. The summed E-state index contributed by atoms with van der Waals surface area (Å²) in [4.78, 5) is 78.9. The number of aliphatic hydroxyl groups excluding tert-OH is 1. The van der Waals surface area contributed by atoms with Crippen molar-refractivity contribution < 1.29 is 52.4 Å². The van der Waals surface area contributed by atoms with Crippen molar-refractivity contribution in [1.82, 2.24) is 40.3 Å². The zero-order valence-electron chi connectivity index (χ0n) is 42.8. The smallest absolute Gasteiger partial charge is 0.259 e. The van der Waals surface area contributed by atoms with Crippen LogP contribution in [0.1, 0.15) is 56.9 Å². The fourth-order valence-electron chi connectivity index (χ4n) is 9.29. The third-order valence-electron chi connectivity index (χ3n) is 13.6. The van der Waals surface area contributed by atoms with E-state index in [1.165, 1.54) is 20.8 Å². The number of thiazole rings is 1. The van der Waals surface area contributed by atoms with E-state index in [0.717, 1.165) is 38.2 Å².